The Morgan fingerprint density at radius 3 is 2.50 bits per heavy atom. The van der Waals surface area contributed by atoms with Gasteiger partial charge >= 0.3 is 0 Å². The van der Waals surface area contributed by atoms with Gasteiger partial charge in [0.25, 0.3) is 0 Å². The summed E-state index contributed by atoms with van der Waals surface area (Å²) in [6, 6.07) is 5.11. The van der Waals surface area contributed by atoms with E-state index in [-0.39, 0.29) is 22.2 Å². The molecule has 0 saturated carbocycles. The predicted octanol–water partition coefficient (Wildman–Crippen LogP) is 3.64. The quantitative estimate of drug-likeness (QED) is 0.862. The zero-order valence-electron chi connectivity index (χ0n) is 10.1. The van der Waals surface area contributed by atoms with Crippen LogP contribution in [0.5, 0.6) is 0 Å². The van der Waals surface area contributed by atoms with Crippen LogP contribution in [-0.2, 0) is 6.42 Å². The van der Waals surface area contributed by atoms with Crippen molar-refractivity contribution in [1.29, 1.82) is 0 Å². The number of hydrogen-bond acceptors (Lipinski definition) is 1. The summed E-state index contributed by atoms with van der Waals surface area (Å²) in [6.07, 6.45) is 0.631. The highest BCUT2D eigenvalue weighted by Gasteiger charge is 2.24. The monoisotopic (exact) mass is 243 g/mol. The molecule has 1 atom stereocenters. The molecule has 1 aromatic carbocycles. The minimum Gasteiger partial charge on any atom is -0.330 e. The first-order chi connectivity index (χ1) is 7.36. The van der Waals surface area contributed by atoms with Crippen molar-refractivity contribution in [3.05, 3.63) is 34.6 Å². The molecule has 1 aromatic rings. The molecule has 0 fully saturated rings. The third kappa shape index (κ3) is 3.19. The Hall–Kier alpha value is -0.600. The second-order valence-corrected chi connectivity index (χ2v) is 5.62. The first-order valence-corrected chi connectivity index (χ1v) is 5.87. The highest BCUT2D eigenvalue weighted by atomic mass is 35.5. The summed E-state index contributed by atoms with van der Waals surface area (Å²) >= 11 is 5.75. The fourth-order valence-electron chi connectivity index (χ4n) is 1.71. The van der Waals surface area contributed by atoms with E-state index in [1.165, 1.54) is 0 Å². The second-order valence-electron chi connectivity index (χ2n) is 5.22. The van der Waals surface area contributed by atoms with Gasteiger partial charge in [-0.1, -0.05) is 44.5 Å². The van der Waals surface area contributed by atoms with Gasteiger partial charge in [0.05, 0.1) is 5.02 Å². The molecule has 3 heteroatoms. The van der Waals surface area contributed by atoms with Crippen molar-refractivity contribution < 1.29 is 4.39 Å². The lowest BCUT2D eigenvalue weighted by Gasteiger charge is -2.29. The fourth-order valence-corrected chi connectivity index (χ4v) is 1.91. The van der Waals surface area contributed by atoms with Crippen LogP contribution in [0, 0.1) is 17.2 Å². The van der Waals surface area contributed by atoms with E-state index in [0.717, 1.165) is 0 Å². The van der Waals surface area contributed by atoms with Gasteiger partial charge in [-0.25, -0.2) is 4.39 Å². The van der Waals surface area contributed by atoms with Crippen LogP contribution in [-0.4, -0.2) is 6.54 Å². The Balaban J connectivity index is 2.91. The number of benzene rings is 1. The second kappa shape index (κ2) is 5.15. The maximum absolute atomic E-state index is 13.7. The number of hydrogen-bond donors (Lipinski definition) is 1. The summed E-state index contributed by atoms with van der Waals surface area (Å²) in [5.41, 5.74) is 6.46. The lowest BCUT2D eigenvalue weighted by atomic mass is 9.77. The summed E-state index contributed by atoms with van der Waals surface area (Å²) in [7, 11) is 0. The third-order valence-electron chi connectivity index (χ3n) is 3.01. The molecule has 0 aliphatic heterocycles. The summed E-state index contributed by atoms with van der Waals surface area (Å²) in [6.45, 7) is 6.91. The Morgan fingerprint density at radius 1 is 1.38 bits per heavy atom. The summed E-state index contributed by atoms with van der Waals surface area (Å²) in [5.74, 6) is -0.0627. The van der Waals surface area contributed by atoms with E-state index in [1.807, 2.05) is 0 Å². The third-order valence-corrected chi connectivity index (χ3v) is 3.30. The first-order valence-electron chi connectivity index (χ1n) is 5.49. The molecule has 1 nitrogen and oxygen atoms in total. The van der Waals surface area contributed by atoms with Gasteiger partial charge < -0.3 is 5.73 Å². The van der Waals surface area contributed by atoms with Crippen molar-refractivity contribution in [3.8, 4) is 0 Å². The van der Waals surface area contributed by atoms with Crippen LogP contribution in [0.25, 0.3) is 0 Å². The van der Waals surface area contributed by atoms with Crippen LogP contribution in [0.2, 0.25) is 5.02 Å². The topological polar surface area (TPSA) is 26.0 Å². The van der Waals surface area contributed by atoms with Crippen LogP contribution in [0.15, 0.2) is 18.2 Å². The van der Waals surface area contributed by atoms with Crippen molar-refractivity contribution in [2.24, 2.45) is 17.1 Å². The normalized spacial score (nSPS) is 13.9. The van der Waals surface area contributed by atoms with Gasteiger partial charge in [0.2, 0.25) is 0 Å². The largest absolute Gasteiger partial charge is 0.330 e. The van der Waals surface area contributed by atoms with Gasteiger partial charge in [-0.3, -0.25) is 0 Å². The molecule has 1 unspecified atom stereocenters. The Morgan fingerprint density at radius 2 is 2.00 bits per heavy atom. The predicted molar refractivity (Wildman–Crippen MR) is 67.1 cm³/mol. The van der Waals surface area contributed by atoms with Gasteiger partial charge in [0, 0.05) is 0 Å². The minimum absolute atomic E-state index is 0.0729. The first kappa shape index (κ1) is 13.5. The maximum atomic E-state index is 13.7. The van der Waals surface area contributed by atoms with Crippen molar-refractivity contribution in [3.63, 3.8) is 0 Å². The van der Waals surface area contributed by atoms with Gasteiger partial charge in [-0.2, -0.15) is 0 Å². The Kier molecular flexibility index (Phi) is 4.34. The van der Waals surface area contributed by atoms with E-state index in [9.17, 15) is 4.39 Å². The van der Waals surface area contributed by atoms with Crippen LogP contribution in [0.4, 0.5) is 4.39 Å². The molecule has 0 heterocycles. The molecule has 2 N–H and O–H groups in total. The summed E-state index contributed by atoms with van der Waals surface area (Å²) in [5, 5.41) is 0.183. The zero-order valence-corrected chi connectivity index (χ0v) is 10.8. The van der Waals surface area contributed by atoms with E-state index < -0.39 is 0 Å². The maximum Gasteiger partial charge on any atom is 0.144 e. The van der Waals surface area contributed by atoms with Crippen LogP contribution in [0.1, 0.15) is 26.3 Å². The van der Waals surface area contributed by atoms with Crippen molar-refractivity contribution in [1.82, 2.24) is 0 Å². The molecule has 0 radical (unpaired) electrons. The van der Waals surface area contributed by atoms with Crippen molar-refractivity contribution in [2.75, 3.05) is 6.54 Å². The van der Waals surface area contributed by atoms with Crippen molar-refractivity contribution in [2.45, 2.75) is 27.2 Å². The van der Waals surface area contributed by atoms with Gasteiger partial charge in [-0.05, 0) is 35.9 Å². The highest BCUT2D eigenvalue weighted by molar-refractivity contribution is 6.30. The van der Waals surface area contributed by atoms with Crippen molar-refractivity contribution >= 4 is 11.6 Å². The smallest absolute Gasteiger partial charge is 0.144 e. The van der Waals surface area contributed by atoms with Gasteiger partial charge in [0.1, 0.15) is 5.82 Å². The van der Waals surface area contributed by atoms with Gasteiger partial charge in [-0.15, -0.1) is 0 Å². The zero-order chi connectivity index (χ0) is 12.3. The molecule has 0 bridgehead atoms. The van der Waals surface area contributed by atoms with E-state index >= 15 is 0 Å². The molecule has 90 valence electrons. The van der Waals surface area contributed by atoms with E-state index in [0.29, 0.717) is 18.5 Å². The Labute approximate surface area is 102 Å². The number of halogens is 2. The fraction of sp³-hybridized carbons (Fsp3) is 0.538. The van der Waals surface area contributed by atoms with Crippen LogP contribution < -0.4 is 5.73 Å². The average molecular weight is 244 g/mol. The van der Waals surface area contributed by atoms with Crippen LogP contribution >= 0.6 is 11.6 Å². The lowest BCUT2D eigenvalue weighted by Crippen LogP contribution is -2.30. The number of nitrogens with two attached hydrogens (primary N) is 1. The molecule has 0 aliphatic carbocycles. The molecule has 0 amide bonds. The number of rotatable bonds is 3. The Bertz CT molecular complexity index is 357. The minimum atomic E-state index is -0.313. The standard InChI is InChI=1S/C13H19ClFN/c1-13(2,3)10(8-16)7-9-5-4-6-11(14)12(9)15/h4-6,10H,7-8,16H2,1-3H3. The van der Waals surface area contributed by atoms with E-state index in [4.69, 9.17) is 17.3 Å². The molecule has 0 aliphatic rings. The molecule has 0 spiro atoms. The van der Waals surface area contributed by atoms with Gasteiger partial charge in [0.15, 0.2) is 0 Å². The molecule has 0 saturated heterocycles. The highest BCUT2D eigenvalue weighted by Crippen LogP contribution is 2.30. The molecular weight excluding hydrogens is 225 g/mol. The molecule has 0 aromatic heterocycles. The lowest BCUT2D eigenvalue weighted by molar-refractivity contribution is 0.244. The molecule has 16 heavy (non-hydrogen) atoms. The summed E-state index contributed by atoms with van der Waals surface area (Å²) < 4.78 is 13.7. The van der Waals surface area contributed by atoms with Crippen LogP contribution in [0.3, 0.4) is 0 Å². The summed E-state index contributed by atoms with van der Waals surface area (Å²) in [4.78, 5) is 0. The molecule has 1 rings (SSSR count). The molecular formula is C13H19ClFN. The van der Waals surface area contributed by atoms with E-state index in [1.54, 1.807) is 18.2 Å². The van der Waals surface area contributed by atoms with E-state index in [2.05, 4.69) is 20.8 Å². The average Bonchev–Trinajstić information content (AvgIpc) is 2.18. The SMILES string of the molecule is CC(C)(C)C(CN)Cc1cccc(Cl)c1F.